The molecule has 0 aliphatic rings. The van der Waals surface area contributed by atoms with Crippen LogP contribution in [-0.4, -0.2) is 29.9 Å². The molecule has 0 unspecified atom stereocenters. The van der Waals surface area contributed by atoms with Crippen LogP contribution in [-0.2, 0) is 11.3 Å². The van der Waals surface area contributed by atoms with Crippen LogP contribution in [0.25, 0.3) is 0 Å². The number of hydrogen-bond donors (Lipinski definition) is 2. The fraction of sp³-hybridized carbons (Fsp3) is 0.0909. The minimum atomic E-state index is -0.411. The van der Waals surface area contributed by atoms with Crippen molar-refractivity contribution in [3.8, 4) is 0 Å². The number of nitrogens with one attached hydrogen (secondary N) is 2. The highest BCUT2D eigenvalue weighted by Crippen LogP contribution is 2.13. The number of nitrogens with zero attached hydrogens (tertiary/aromatic N) is 1. The lowest BCUT2D eigenvalue weighted by Crippen LogP contribution is -2.23. The van der Waals surface area contributed by atoms with Gasteiger partial charge in [0.15, 0.2) is 0 Å². The molecular formula is C22H19N3O4. The molecule has 0 saturated carbocycles. The van der Waals surface area contributed by atoms with Crippen LogP contribution in [0.4, 0.5) is 5.69 Å². The molecule has 2 aromatic carbocycles. The zero-order valence-electron chi connectivity index (χ0n) is 15.7. The third kappa shape index (κ3) is 5.26. The van der Waals surface area contributed by atoms with E-state index in [1.54, 1.807) is 66.9 Å². The highest BCUT2D eigenvalue weighted by molar-refractivity contribution is 6.04. The molecule has 0 radical (unpaired) electrons. The highest BCUT2D eigenvalue weighted by atomic mass is 16.5. The van der Waals surface area contributed by atoms with E-state index >= 15 is 0 Å². The SMILES string of the molecule is COC(=O)c1ccc(CNC(=O)c2cccc(NC(=O)c3cccnc3)c2)cc1. The van der Waals surface area contributed by atoms with Crippen LogP contribution in [0.15, 0.2) is 73.1 Å². The number of ether oxygens (including phenoxy) is 1. The summed E-state index contributed by atoms with van der Waals surface area (Å²) in [5.74, 6) is -0.994. The van der Waals surface area contributed by atoms with Gasteiger partial charge >= 0.3 is 5.97 Å². The van der Waals surface area contributed by atoms with Crippen molar-refractivity contribution < 1.29 is 19.1 Å². The Kier molecular flexibility index (Phi) is 6.32. The predicted molar refractivity (Wildman–Crippen MR) is 108 cm³/mol. The van der Waals surface area contributed by atoms with Crippen molar-refractivity contribution in [2.45, 2.75) is 6.54 Å². The van der Waals surface area contributed by atoms with E-state index in [1.807, 2.05) is 0 Å². The van der Waals surface area contributed by atoms with Gasteiger partial charge in [-0.05, 0) is 48.0 Å². The minimum absolute atomic E-state index is 0.278. The van der Waals surface area contributed by atoms with Gasteiger partial charge in [0, 0.05) is 30.2 Å². The molecule has 1 aromatic heterocycles. The summed E-state index contributed by atoms with van der Waals surface area (Å²) in [5.41, 5.74) is 2.64. The second-order valence-corrected chi connectivity index (χ2v) is 6.15. The zero-order chi connectivity index (χ0) is 20.6. The van der Waals surface area contributed by atoms with Crippen LogP contribution in [0.2, 0.25) is 0 Å². The van der Waals surface area contributed by atoms with Gasteiger partial charge in [0.1, 0.15) is 0 Å². The summed E-state index contributed by atoms with van der Waals surface area (Å²) in [6.07, 6.45) is 3.06. The molecule has 29 heavy (non-hydrogen) atoms. The van der Waals surface area contributed by atoms with Crippen molar-refractivity contribution in [1.82, 2.24) is 10.3 Å². The minimum Gasteiger partial charge on any atom is -0.465 e. The van der Waals surface area contributed by atoms with Gasteiger partial charge < -0.3 is 15.4 Å². The Morgan fingerprint density at radius 2 is 1.66 bits per heavy atom. The van der Waals surface area contributed by atoms with Crippen LogP contribution < -0.4 is 10.6 Å². The van der Waals surface area contributed by atoms with Gasteiger partial charge in [0.25, 0.3) is 11.8 Å². The van der Waals surface area contributed by atoms with E-state index in [1.165, 1.54) is 13.3 Å². The molecule has 1 heterocycles. The van der Waals surface area contributed by atoms with E-state index in [0.717, 1.165) is 5.56 Å². The Balaban J connectivity index is 1.60. The Morgan fingerprint density at radius 3 is 2.34 bits per heavy atom. The van der Waals surface area contributed by atoms with Gasteiger partial charge in [-0.25, -0.2) is 4.79 Å². The van der Waals surface area contributed by atoms with E-state index in [0.29, 0.717) is 28.9 Å². The number of hydrogen-bond acceptors (Lipinski definition) is 5. The third-order valence-corrected chi connectivity index (χ3v) is 4.13. The van der Waals surface area contributed by atoms with Gasteiger partial charge in [-0.3, -0.25) is 14.6 Å². The summed E-state index contributed by atoms with van der Waals surface area (Å²) in [4.78, 5) is 40.0. The van der Waals surface area contributed by atoms with Gasteiger partial charge in [0.05, 0.1) is 18.2 Å². The zero-order valence-corrected chi connectivity index (χ0v) is 15.7. The molecule has 2 N–H and O–H groups in total. The number of amides is 2. The van der Waals surface area contributed by atoms with Gasteiger partial charge in [0.2, 0.25) is 0 Å². The molecule has 0 aliphatic carbocycles. The van der Waals surface area contributed by atoms with Gasteiger partial charge in [-0.1, -0.05) is 18.2 Å². The van der Waals surface area contributed by atoms with E-state index in [-0.39, 0.29) is 11.8 Å². The Morgan fingerprint density at radius 1 is 0.897 bits per heavy atom. The maximum atomic E-state index is 12.4. The average Bonchev–Trinajstić information content (AvgIpc) is 2.78. The van der Waals surface area contributed by atoms with Crippen molar-refractivity contribution in [3.05, 3.63) is 95.3 Å². The molecule has 146 valence electrons. The fourth-order valence-electron chi connectivity index (χ4n) is 2.60. The Hall–Kier alpha value is -4.00. The van der Waals surface area contributed by atoms with E-state index in [9.17, 15) is 14.4 Å². The molecule has 3 aromatic rings. The first kappa shape index (κ1) is 19.8. The maximum Gasteiger partial charge on any atom is 0.337 e. The standard InChI is InChI=1S/C22H19N3O4/c1-29-22(28)16-9-7-15(8-10-16)13-24-20(26)17-4-2-6-19(12-17)25-21(27)18-5-3-11-23-14-18/h2-12,14H,13H2,1H3,(H,24,26)(H,25,27). The average molecular weight is 389 g/mol. The largest absolute Gasteiger partial charge is 0.465 e. The van der Waals surface area contributed by atoms with Crippen molar-refractivity contribution in [2.24, 2.45) is 0 Å². The monoisotopic (exact) mass is 389 g/mol. The van der Waals surface area contributed by atoms with Crippen LogP contribution in [0, 0.1) is 0 Å². The Bertz CT molecular complexity index is 1020. The lowest BCUT2D eigenvalue weighted by atomic mass is 10.1. The first-order chi connectivity index (χ1) is 14.1. The molecule has 0 fully saturated rings. The second-order valence-electron chi connectivity index (χ2n) is 6.15. The van der Waals surface area contributed by atoms with Crippen molar-refractivity contribution in [3.63, 3.8) is 0 Å². The summed E-state index contributed by atoms with van der Waals surface area (Å²) in [6, 6.07) is 16.8. The molecule has 7 nitrogen and oxygen atoms in total. The van der Waals surface area contributed by atoms with Crippen LogP contribution in [0.5, 0.6) is 0 Å². The molecule has 7 heteroatoms. The van der Waals surface area contributed by atoms with Crippen molar-refractivity contribution in [2.75, 3.05) is 12.4 Å². The molecule has 0 aliphatic heterocycles. The quantitative estimate of drug-likeness (QED) is 0.632. The molecule has 0 bridgehead atoms. The number of methoxy groups -OCH3 is 1. The predicted octanol–water partition coefficient (Wildman–Crippen LogP) is 3.05. The molecule has 2 amide bonds. The molecule has 0 saturated heterocycles. The first-order valence-electron chi connectivity index (χ1n) is 8.84. The number of carbonyl (C=O) groups excluding carboxylic acids is 3. The van der Waals surface area contributed by atoms with Crippen LogP contribution in [0.3, 0.4) is 0 Å². The summed E-state index contributed by atoms with van der Waals surface area (Å²) >= 11 is 0. The van der Waals surface area contributed by atoms with Crippen LogP contribution in [0.1, 0.15) is 36.6 Å². The molecular weight excluding hydrogens is 370 g/mol. The van der Waals surface area contributed by atoms with E-state index in [2.05, 4.69) is 20.4 Å². The van der Waals surface area contributed by atoms with E-state index < -0.39 is 5.97 Å². The normalized spacial score (nSPS) is 10.1. The number of pyridine rings is 1. The maximum absolute atomic E-state index is 12.4. The summed E-state index contributed by atoms with van der Waals surface area (Å²) in [7, 11) is 1.32. The van der Waals surface area contributed by atoms with Gasteiger partial charge in [-0.15, -0.1) is 0 Å². The number of carbonyl (C=O) groups is 3. The number of esters is 1. The lowest BCUT2D eigenvalue weighted by Gasteiger charge is -2.09. The van der Waals surface area contributed by atoms with Gasteiger partial charge in [-0.2, -0.15) is 0 Å². The number of benzene rings is 2. The summed E-state index contributed by atoms with van der Waals surface area (Å²) in [5, 5.41) is 5.56. The van der Waals surface area contributed by atoms with E-state index in [4.69, 9.17) is 0 Å². The smallest absolute Gasteiger partial charge is 0.337 e. The molecule has 0 spiro atoms. The number of anilines is 1. The van der Waals surface area contributed by atoms with Crippen LogP contribution >= 0.6 is 0 Å². The first-order valence-corrected chi connectivity index (χ1v) is 8.84. The fourth-order valence-corrected chi connectivity index (χ4v) is 2.60. The topological polar surface area (TPSA) is 97.4 Å². The highest BCUT2D eigenvalue weighted by Gasteiger charge is 2.10. The number of rotatable bonds is 6. The summed E-state index contributed by atoms with van der Waals surface area (Å²) < 4.78 is 4.66. The molecule has 3 rings (SSSR count). The van der Waals surface area contributed by atoms with Crippen molar-refractivity contribution in [1.29, 1.82) is 0 Å². The Labute approximate surface area is 167 Å². The number of aromatic nitrogens is 1. The van der Waals surface area contributed by atoms with Crippen molar-refractivity contribution >= 4 is 23.5 Å². The second kappa shape index (κ2) is 9.27. The third-order valence-electron chi connectivity index (χ3n) is 4.13. The summed E-state index contributed by atoms with van der Waals surface area (Å²) in [6.45, 7) is 0.298. The molecule has 0 atom stereocenters. The lowest BCUT2D eigenvalue weighted by molar-refractivity contribution is 0.0600.